The highest BCUT2D eigenvalue weighted by Gasteiger charge is 2.35. The minimum absolute atomic E-state index is 0.565. The van der Waals surface area contributed by atoms with Crippen LogP contribution in [0.1, 0.15) is 12.0 Å². The van der Waals surface area contributed by atoms with Gasteiger partial charge in [-0.25, -0.2) is 0 Å². The normalized spacial score (nSPS) is 24.4. The van der Waals surface area contributed by atoms with E-state index in [2.05, 4.69) is 5.32 Å². The number of methoxy groups -OCH3 is 2. The molecule has 0 amide bonds. The van der Waals surface area contributed by atoms with Gasteiger partial charge in [0, 0.05) is 18.2 Å². The summed E-state index contributed by atoms with van der Waals surface area (Å²) in [4.78, 5) is 0. The molecule has 4 nitrogen and oxygen atoms in total. The van der Waals surface area contributed by atoms with Gasteiger partial charge in [0.2, 0.25) is 0 Å². The number of ether oxygens (including phenoxy) is 2. The Morgan fingerprint density at radius 1 is 1.31 bits per heavy atom. The van der Waals surface area contributed by atoms with E-state index in [1.165, 1.54) is 0 Å². The van der Waals surface area contributed by atoms with E-state index in [0.29, 0.717) is 18.7 Å². The third kappa shape index (κ3) is 1.86. The summed E-state index contributed by atoms with van der Waals surface area (Å²) in [6.45, 7) is 1.39. The molecule has 1 atom stereocenters. The van der Waals surface area contributed by atoms with Crippen molar-refractivity contribution in [2.75, 3.05) is 27.3 Å². The van der Waals surface area contributed by atoms with Gasteiger partial charge in [0.1, 0.15) is 17.1 Å². The zero-order valence-corrected chi connectivity index (χ0v) is 9.62. The third-order valence-corrected chi connectivity index (χ3v) is 3.04. The van der Waals surface area contributed by atoms with E-state index in [-0.39, 0.29) is 0 Å². The smallest absolute Gasteiger partial charge is 0.128 e. The van der Waals surface area contributed by atoms with Crippen molar-refractivity contribution < 1.29 is 14.6 Å². The fourth-order valence-electron chi connectivity index (χ4n) is 2.09. The molecule has 1 fully saturated rings. The highest BCUT2D eigenvalue weighted by atomic mass is 16.5. The molecular formula is C12H17NO3. The summed E-state index contributed by atoms with van der Waals surface area (Å²) in [6.07, 6.45) is 0.704. The van der Waals surface area contributed by atoms with E-state index >= 15 is 0 Å². The maximum atomic E-state index is 10.5. The fourth-order valence-corrected chi connectivity index (χ4v) is 2.09. The van der Waals surface area contributed by atoms with Gasteiger partial charge in [0.05, 0.1) is 14.2 Å². The van der Waals surface area contributed by atoms with Crippen LogP contribution in [0.25, 0.3) is 0 Å². The highest BCUT2D eigenvalue weighted by Crippen LogP contribution is 2.36. The van der Waals surface area contributed by atoms with Gasteiger partial charge in [-0.05, 0) is 25.1 Å². The maximum absolute atomic E-state index is 10.5. The second kappa shape index (κ2) is 4.31. The molecule has 0 saturated carbocycles. The Kier molecular flexibility index (Phi) is 3.03. The monoisotopic (exact) mass is 223 g/mol. The van der Waals surface area contributed by atoms with Gasteiger partial charge < -0.3 is 19.9 Å². The Morgan fingerprint density at radius 3 is 2.69 bits per heavy atom. The number of nitrogens with one attached hydrogen (secondary N) is 1. The van der Waals surface area contributed by atoms with Crippen LogP contribution in [0, 0.1) is 0 Å². The predicted octanol–water partition coefficient (Wildman–Crippen LogP) is 0.885. The van der Waals surface area contributed by atoms with Crippen molar-refractivity contribution in [2.45, 2.75) is 12.0 Å². The van der Waals surface area contributed by atoms with Crippen LogP contribution in [0.4, 0.5) is 0 Å². The Morgan fingerprint density at radius 2 is 2.12 bits per heavy atom. The zero-order valence-electron chi connectivity index (χ0n) is 9.62. The zero-order chi connectivity index (χ0) is 11.6. The average Bonchev–Trinajstić information content (AvgIpc) is 2.76. The second-order valence-corrected chi connectivity index (χ2v) is 4.02. The summed E-state index contributed by atoms with van der Waals surface area (Å²) in [5.74, 6) is 1.40. The molecule has 1 unspecified atom stereocenters. The Labute approximate surface area is 95.2 Å². The quantitative estimate of drug-likeness (QED) is 0.799. The molecule has 0 spiro atoms. The summed E-state index contributed by atoms with van der Waals surface area (Å²) < 4.78 is 10.4. The van der Waals surface area contributed by atoms with E-state index < -0.39 is 5.60 Å². The molecule has 0 aliphatic carbocycles. The first-order valence-corrected chi connectivity index (χ1v) is 5.35. The molecule has 0 radical (unpaired) electrons. The first-order chi connectivity index (χ1) is 7.69. The van der Waals surface area contributed by atoms with E-state index in [0.717, 1.165) is 17.9 Å². The lowest BCUT2D eigenvalue weighted by Crippen LogP contribution is -2.28. The molecule has 1 saturated heterocycles. The van der Waals surface area contributed by atoms with Gasteiger partial charge >= 0.3 is 0 Å². The van der Waals surface area contributed by atoms with E-state index in [1.807, 2.05) is 12.1 Å². The van der Waals surface area contributed by atoms with E-state index in [1.54, 1.807) is 20.3 Å². The molecule has 88 valence electrons. The van der Waals surface area contributed by atoms with Crippen LogP contribution in [0.5, 0.6) is 11.5 Å². The van der Waals surface area contributed by atoms with Crippen LogP contribution in [-0.2, 0) is 5.60 Å². The van der Waals surface area contributed by atoms with Gasteiger partial charge in [0.15, 0.2) is 0 Å². The predicted molar refractivity (Wildman–Crippen MR) is 60.9 cm³/mol. The number of hydrogen-bond acceptors (Lipinski definition) is 4. The molecule has 1 aliphatic heterocycles. The Hall–Kier alpha value is -1.26. The molecular weight excluding hydrogens is 206 g/mol. The van der Waals surface area contributed by atoms with Crippen LogP contribution >= 0.6 is 0 Å². The third-order valence-electron chi connectivity index (χ3n) is 3.04. The molecule has 4 heteroatoms. The lowest BCUT2D eigenvalue weighted by Gasteiger charge is -2.24. The molecule has 0 aromatic heterocycles. The molecule has 1 aliphatic rings. The fraction of sp³-hybridized carbons (Fsp3) is 0.500. The number of rotatable bonds is 3. The first kappa shape index (κ1) is 11.2. The van der Waals surface area contributed by atoms with Crippen molar-refractivity contribution >= 4 is 0 Å². The van der Waals surface area contributed by atoms with E-state index in [9.17, 15) is 5.11 Å². The van der Waals surface area contributed by atoms with Gasteiger partial charge in [-0.15, -0.1) is 0 Å². The maximum Gasteiger partial charge on any atom is 0.128 e. The molecule has 1 heterocycles. The van der Waals surface area contributed by atoms with Gasteiger partial charge in [-0.1, -0.05) is 0 Å². The Bertz CT molecular complexity index is 373. The average molecular weight is 223 g/mol. The van der Waals surface area contributed by atoms with Crippen molar-refractivity contribution in [2.24, 2.45) is 0 Å². The van der Waals surface area contributed by atoms with Crippen LogP contribution in [0.3, 0.4) is 0 Å². The first-order valence-electron chi connectivity index (χ1n) is 5.35. The van der Waals surface area contributed by atoms with Crippen molar-refractivity contribution in [1.82, 2.24) is 5.32 Å². The number of hydrogen-bond donors (Lipinski definition) is 2. The summed E-state index contributed by atoms with van der Waals surface area (Å²) in [6, 6.07) is 5.50. The SMILES string of the molecule is COc1ccc(C2(O)CCNC2)c(OC)c1. The standard InChI is InChI=1S/C12H17NO3/c1-15-9-3-4-10(11(7-9)16-2)12(14)5-6-13-8-12/h3-4,7,13-14H,5-6,8H2,1-2H3. The molecule has 0 bridgehead atoms. The molecule has 1 aromatic rings. The highest BCUT2D eigenvalue weighted by molar-refractivity contribution is 5.44. The van der Waals surface area contributed by atoms with E-state index in [4.69, 9.17) is 9.47 Å². The molecule has 1 aromatic carbocycles. The molecule has 2 N–H and O–H groups in total. The van der Waals surface area contributed by atoms with Crippen molar-refractivity contribution in [1.29, 1.82) is 0 Å². The van der Waals surface area contributed by atoms with Crippen molar-refractivity contribution in [3.8, 4) is 11.5 Å². The largest absolute Gasteiger partial charge is 0.497 e. The van der Waals surface area contributed by atoms with Gasteiger partial charge in [-0.3, -0.25) is 0 Å². The van der Waals surface area contributed by atoms with Crippen molar-refractivity contribution in [3.05, 3.63) is 23.8 Å². The number of benzene rings is 1. The summed E-state index contributed by atoms with van der Waals surface area (Å²) in [5.41, 5.74) is -0.00163. The minimum Gasteiger partial charge on any atom is -0.497 e. The lowest BCUT2D eigenvalue weighted by molar-refractivity contribution is 0.0560. The topological polar surface area (TPSA) is 50.7 Å². The minimum atomic E-state index is -0.822. The Balaban J connectivity index is 2.39. The number of β-amino-alcohol motifs (C(OH)–C–C–N with tert-alkyl or cyclic N) is 1. The van der Waals surface area contributed by atoms with Crippen LogP contribution < -0.4 is 14.8 Å². The van der Waals surface area contributed by atoms with Crippen LogP contribution in [0.15, 0.2) is 18.2 Å². The van der Waals surface area contributed by atoms with Gasteiger partial charge in [-0.2, -0.15) is 0 Å². The van der Waals surface area contributed by atoms with Crippen LogP contribution in [-0.4, -0.2) is 32.4 Å². The lowest BCUT2D eigenvalue weighted by atomic mass is 9.92. The second-order valence-electron chi connectivity index (χ2n) is 4.02. The van der Waals surface area contributed by atoms with Crippen molar-refractivity contribution in [3.63, 3.8) is 0 Å². The molecule has 16 heavy (non-hydrogen) atoms. The van der Waals surface area contributed by atoms with Gasteiger partial charge in [0.25, 0.3) is 0 Å². The summed E-state index contributed by atoms with van der Waals surface area (Å²) in [7, 11) is 3.21. The van der Waals surface area contributed by atoms with Crippen LogP contribution in [0.2, 0.25) is 0 Å². The summed E-state index contributed by atoms with van der Waals surface area (Å²) in [5, 5.41) is 13.6. The molecule has 2 rings (SSSR count). The summed E-state index contributed by atoms with van der Waals surface area (Å²) >= 11 is 0. The number of aliphatic hydroxyl groups is 1.